The SMILES string of the molecule is CNc1cc(N2CCSC(C)(C)CC2)nc(C2CC2)n1. The van der Waals surface area contributed by atoms with Crippen LogP contribution in [0.3, 0.4) is 0 Å². The third kappa shape index (κ3) is 3.19. The Balaban J connectivity index is 1.83. The fourth-order valence-electron chi connectivity index (χ4n) is 2.52. The second-order valence-corrected chi connectivity index (χ2v) is 8.14. The lowest BCUT2D eigenvalue weighted by molar-refractivity contribution is 0.634. The number of aromatic nitrogens is 2. The Hall–Kier alpha value is -0.970. The first kappa shape index (κ1) is 14.0. The van der Waals surface area contributed by atoms with E-state index in [-0.39, 0.29) is 0 Å². The summed E-state index contributed by atoms with van der Waals surface area (Å²) in [6, 6.07) is 2.09. The molecule has 2 fully saturated rings. The summed E-state index contributed by atoms with van der Waals surface area (Å²) in [6.07, 6.45) is 3.69. The van der Waals surface area contributed by atoms with Crippen molar-refractivity contribution in [1.29, 1.82) is 0 Å². The molecule has 4 nitrogen and oxygen atoms in total. The van der Waals surface area contributed by atoms with Crippen LogP contribution in [0.5, 0.6) is 0 Å². The standard InChI is InChI=1S/C15H24N4S/c1-15(2)6-7-19(8-9-20-15)13-10-12(16-3)17-14(18-13)11-4-5-11/h10-11H,4-9H2,1-3H3,(H,16,17,18). The molecule has 1 aliphatic carbocycles. The summed E-state index contributed by atoms with van der Waals surface area (Å²) in [7, 11) is 1.93. The summed E-state index contributed by atoms with van der Waals surface area (Å²) in [5.41, 5.74) is 0. The van der Waals surface area contributed by atoms with Crippen LogP contribution in [0.1, 0.15) is 44.9 Å². The van der Waals surface area contributed by atoms with Crippen LogP contribution < -0.4 is 10.2 Å². The molecular weight excluding hydrogens is 268 g/mol. The van der Waals surface area contributed by atoms with Crippen molar-refractivity contribution in [3.8, 4) is 0 Å². The molecule has 1 N–H and O–H groups in total. The van der Waals surface area contributed by atoms with E-state index in [0.717, 1.165) is 30.5 Å². The molecule has 0 atom stereocenters. The Kier molecular flexibility index (Phi) is 3.80. The van der Waals surface area contributed by atoms with E-state index < -0.39 is 0 Å². The number of hydrogen-bond acceptors (Lipinski definition) is 5. The van der Waals surface area contributed by atoms with Crippen molar-refractivity contribution in [2.24, 2.45) is 0 Å². The van der Waals surface area contributed by atoms with Gasteiger partial charge in [-0.1, -0.05) is 13.8 Å². The second kappa shape index (κ2) is 5.43. The number of nitrogens with one attached hydrogen (secondary N) is 1. The van der Waals surface area contributed by atoms with E-state index in [1.807, 2.05) is 7.05 Å². The van der Waals surface area contributed by atoms with Crippen molar-refractivity contribution in [3.63, 3.8) is 0 Å². The van der Waals surface area contributed by atoms with Crippen molar-refractivity contribution in [1.82, 2.24) is 9.97 Å². The summed E-state index contributed by atoms with van der Waals surface area (Å²) in [5, 5.41) is 3.18. The molecule has 1 saturated carbocycles. The molecule has 0 unspecified atom stereocenters. The Bertz CT molecular complexity index is 485. The van der Waals surface area contributed by atoms with Gasteiger partial charge in [0.2, 0.25) is 0 Å². The molecule has 20 heavy (non-hydrogen) atoms. The fraction of sp³-hybridized carbons (Fsp3) is 0.733. The van der Waals surface area contributed by atoms with Crippen LogP contribution in [0, 0.1) is 0 Å². The van der Waals surface area contributed by atoms with Crippen molar-refractivity contribution in [2.45, 2.75) is 43.8 Å². The molecule has 2 heterocycles. The van der Waals surface area contributed by atoms with Gasteiger partial charge in [-0.2, -0.15) is 11.8 Å². The molecule has 3 rings (SSSR count). The number of anilines is 2. The van der Waals surface area contributed by atoms with Gasteiger partial charge in [-0.05, 0) is 19.3 Å². The Morgan fingerprint density at radius 2 is 2.10 bits per heavy atom. The van der Waals surface area contributed by atoms with Gasteiger partial charge in [0.15, 0.2) is 0 Å². The first-order valence-electron chi connectivity index (χ1n) is 7.53. The number of nitrogens with zero attached hydrogens (tertiary/aromatic N) is 3. The largest absolute Gasteiger partial charge is 0.373 e. The molecule has 1 aromatic heterocycles. The van der Waals surface area contributed by atoms with Crippen LogP contribution in [0.2, 0.25) is 0 Å². The Morgan fingerprint density at radius 3 is 2.80 bits per heavy atom. The highest BCUT2D eigenvalue weighted by molar-refractivity contribution is 8.00. The van der Waals surface area contributed by atoms with Crippen LogP contribution in [0.25, 0.3) is 0 Å². The molecule has 0 spiro atoms. The third-order valence-corrected chi connectivity index (χ3v) is 5.46. The minimum absolute atomic E-state index is 0.382. The Labute approximate surface area is 125 Å². The predicted octanol–water partition coefficient (Wildman–Crippen LogP) is 3.12. The molecule has 0 aromatic carbocycles. The number of thioether (sulfide) groups is 1. The van der Waals surface area contributed by atoms with Crippen LogP contribution >= 0.6 is 11.8 Å². The van der Waals surface area contributed by atoms with Crippen LogP contribution in [-0.4, -0.2) is 40.6 Å². The summed E-state index contributed by atoms with van der Waals surface area (Å²) < 4.78 is 0.382. The lowest BCUT2D eigenvalue weighted by Gasteiger charge is -2.24. The topological polar surface area (TPSA) is 41.0 Å². The van der Waals surface area contributed by atoms with Gasteiger partial charge in [0, 0.05) is 42.6 Å². The van der Waals surface area contributed by atoms with Gasteiger partial charge < -0.3 is 10.2 Å². The van der Waals surface area contributed by atoms with Crippen LogP contribution in [0.4, 0.5) is 11.6 Å². The van der Waals surface area contributed by atoms with E-state index in [0.29, 0.717) is 10.7 Å². The fourth-order valence-corrected chi connectivity index (χ4v) is 3.62. The van der Waals surface area contributed by atoms with Crippen molar-refractivity contribution >= 4 is 23.4 Å². The maximum absolute atomic E-state index is 4.82. The van der Waals surface area contributed by atoms with Gasteiger partial charge in [-0.25, -0.2) is 9.97 Å². The van der Waals surface area contributed by atoms with E-state index >= 15 is 0 Å². The summed E-state index contributed by atoms with van der Waals surface area (Å²) in [5.74, 6) is 4.85. The van der Waals surface area contributed by atoms with Crippen molar-refractivity contribution < 1.29 is 0 Å². The van der Waals surface area contributed by atoms with Gasteiger partial charge in [0.1, 0.15) is 17.5 Å². The van der Waals surface area contributed by atoms with E-state index in [9.17, 15) is 0 Å². The maximum atomic E-state index is 4.82. The van der Waals surface area contributed by atoms with Gasteiger partial charge in [-0.3, -0.25) is 0 Å². The zero-order valence-electron chi connectivity index (χ0n) is 12.6. The maximum Gasteiger partial charge on any atom is 0.136 e. The van der Waals surface area contributed by atoms with Gasteiger partial charge in [0.25, 0.3) is 0 Å². The summed E-state index contributed by atoms with van der Waals surface area (Å²) >= 11 is 2.07. The van der Waals surface area contributed by atoms with E-state index in [1.165, 1.54) is 25.0 Å². The molecule has 5 heteroatoms. The highest BCUT2D eigenvalue weighted by atomic mass is 32.2. The monoisotopic (exact) mass is 292 g/mol. The predicted molar refractivity (Wildman–Crippen MR) is 86.9 cm³/mol. The zero-order valence-corrected chi connectivity index (χ0v) is 13.5. The first-order chi connectivity index (χ1) is 9.57. The molecule has 1 aliphatic heterocycles. The number of hydrogen-bond donors (Lipinski definition) is 1. The number of rotatable bonds is 3. The van der Waals surface area contributed by atoms with Gasteiger partial charge >= 0.3 is 0 Å². The van der Waals surface area contributed by atoms with E-state index in [1.54, 1.807) is 0 Å². The summed E-state index contributed by atoms with van der Waals surface area (Å²) in [6.45, 7) is 6.86. The average Bonchev–Trinajstić information content (AvgIpc) is 3.25. The molecule has 0 bridgehead atoms. The summed E-state index contributed by atoms with van der Waals surface area (Å²) in [4.78, 5) is 11.9. The molecule has 110 valence electrons. The molecule has 0 amide bonds. The smallest absolute Gasteiger partial charge is 0.136 e. The highest BCUT2D eigenvalue weighted by Crippen LogP contribution is 2.39. The van der Waals surface area contributed by atoms with Crippen LogP contribution in [-0.2, 0) is 0 Å². The second-order valence-electron chi connectivity index (χ2n) is 6.34. The minimum Gasteiger partial charge on any atom is -0.373 e. The molecule has 1 aromatic rings. The minimum atomic E-state index is 0.382. The molecule has 1 saturated heterocycles. The molecule has 0 radical (unpaired) electrons. The Morgan fingerprint density at radius 1 is 1.30 bits per heavy atom. The first-order valence-corrected chi connectivity index (χ1v) is 8.51. The highest BCUT2D eigenvalue weighted by Gasteiger charge is 2.29. The third-order valence-electron chi connectivity index (χ3n) is 4.09. The lowest BCUT2D eigenvalue weighted by Crippen LogP contribution is -2.28. The van der Waals surface area contributed by atoms with Crippen molar-refractivity contribution in [3.05, 3.63) is 11.9 Å². The zero-order chi connectivity index (χ0) is 14.2. The average molecular weight is 292 g/mol. The normalized spacial score (nSPS) is 22.4. The van der Waals surface area contributed by atoms with Crippen molar-refractivity contribution in [2.75, 3.05) is 36.1 Å². The lowest BCUT2D eigenvalue weighted by atomic mass is 10.1. The molecule has 2 aliphatic rings. The van der Waals surface area contributed by atoms with E-state index in [2.05, 4.69) is 46.9 Å². The quantitative estimate of drug-likeness (QED) is 0.927. The van der Waals surface area contributed by atoms with Crippen LogP contribution in [0.15, 0.2) is 6.07 Å². The van der Waals surface area contributed by atoms with Gasteiger partial charge in [0.05, 0.1) is 0 Å². The molecular formula is C15H24N4S. The van der Waals surface area contributed by atoms with Gasteiger partial charge in [-0.15, -0.1) is 0 Å². The van der Waals surface area contributed by atoms with E-state index in [4.69, 9.17) is 4.98 Å².